The molecule has 1 aromatic heterocycles. The summed E-state index contributed by atoms with van der Waals surface area (Å²) < 4.78 is 42.1. The summed E-state index contributed by atoms with van der Waals surface area (Å²) >= 11 is 0. The minimum atomic E-state index is -2.97. The van der Waals surface area contributed by atoms with Crippen molar-refractivity contribution in [3.63, 3.8) is 0 Å². The van der Waals surface area contributed by atoms with E-state index in [1.165, 1.54) is 0 Å². The van der Waals surface area contributed by atoms with Crippen molar-refractivity contribution in [1.29, 1.82) is 0 Å². The lowest BCUT2D eigenvalue weighted by molar-refractivity contribution is 0.0512. The largest absolute Gasteiger partial charge is 0.462 e. The Morgan fingerprint density at radius 3 is 2.80 bits per heavy atom. The van der Waals surface area contributed by atoms with Crippen LogP contribution >= 0.6 is 0 Å². The summed E-state index contributed by atoms with van der Waals surface area (Å²) in [5, 5.41) is 3.32. The molecule has 1 rings (SSSR count). The molecular weight excluding hydrogens is 213 g/mol. The zero-order chi connectivity index (χ0) is 11.4. The van der Waals surface area contributed by atoms with Gasteiger partial charge in [0.05, 0.1) is 12.8 Å². The highest BCUT2D eigenvalue weighted by molar-refractivity contribution is 5.90. The number of hydrogen-bond acceptors (Lipinski definition) is 3. The molecule has 0 amide bonds. The summed E-state index contributed by atoms with van der Waals surface area (Å²) in [5.74, 6) is -0.924. The number of halogens is 3. The van der Waals surface area contributed by atoms with Gasteiger partial charge in [0.15, 0.2) is 6.80 Å². The summed E-state index contributed by atoms with van der Waals surface area (Å²) in [6.07, 6.45) is -2.10. The maximum Gasteiger partial charge on any atom is 0.341 e. The molecule has 84 valence electrons. The van der Waals surface area contributed by atoms with Crippen LogP contribution in [0.2, 0.25) is 0 Å². The Balaban J connectivity index is 3.07. The topological polar surface area (TPSA) is 44.1 Å². The number of carbonyl (C=O) groups is 1. The van der Waals surface area contributed by atoms with E-state index >= 15 is 0 Å². The Morgan fingerprint density at radius 2 is 2.33 bits per heavy atom. The van der Waals surface area contributed by atoms with Crippen LogP contribution in [-0.4, -0.2) is 22.4 Å². The third kappa shape index (κ3) is 2.28. The van der Waals surface area contributed by atoms with E-state index in [1.54, 1.807) is 6.92 Å². The molecule has 1 aromatic rings. The van der Waals surface area contributed by atoms with Gasteiger partial charge in [-0.25, -0.2) is 22.6 Å². The molecule has 0 aliphatic heterocycles. The van der Waals surface area contributed by atoms with Crippen LogP contribution in [0.5, 0.6) is 0 Å². The molecular formula is C8H9F3N2O2. The van der Waals surface area contributed by atoms with Gasteiger partial charge in [-0.3, -0.25) is 0 Å². The van der Waals surface area contributed by atoms with Crippen LogP contribution in [0.3, 0.4) is 0 Å². The van der Waals surface area contributed by atoms with Crippen molar-refractivity contribution in [3.05, 3.63) is 17.5 Å². The van der Waals surface area contributed by atoms with Gasteiger partial charge in [-0.1, -0.05) is 0 Å². The van der Waals surface area contributed by atoms with E-state index in [0.717, 1.165) is 6.20 Å². The highest BCUT2D eigenvalue weighted by atomic mass is 19.3. The Kier molecular flexibility index (Phi) is 3.70. The molecule has 0 bridgehead atoms. The molecule has 0 N–H and O–H groups in total. The highest BCUT2D eigenvalue weighted by Gasteiger charge is 2.25. The smallest absolute Gasteiger partial charge is 0.341 e. The Hall–Kier alpha value is -1.53. The van der Waals surface area contributed by atoms with E-state index in [9.17, 15) is 18.0 Å². The van der Waals surface area contributed by atoms with Gasteiger partial charge in [0.25, 0.3) is 6.43 Å². The predicted octanol–water partition coefficient (Wildman–Crippen LogP) is 1.92. The number of aromatic nitrogens is 2. The molecule has 0 aliphatic carbocycles. The van der Waals surface area contributed by atoms with Crippen molar-refractivity contribution in [2.45, 2.75) is 20.1 Å². The van der Waals surface area contributed by atoms with Gasteiger partial charge in [-0.15, -0.1) is 0 Å². The van der Waals surface area contributed by atoms with Crippen molar-refractivity contribution in [1.82, 2.24) is 9.78 Å². The maximum atomic E-state index is 12.5. The van der Waals surface area contributed by atoms with E-state index < -0.39 is 30.5 Å². The predicted molar refractivity (Wildman–Crippen MR) is 44.2 cm³/mol. The molecule has 0 saturated heterocycles. The molecule has 0 saturated carbocycles. The fraction of sp³-hybridized carbons (Fsp3) is 0.500. The average Bonchev–Trinajstić information content (AvgIpc) is 2.61. The Labute approximate surface area is 83.6 Å². The number of hydrogen-bond donors (Lipinski definition) is 0. The monoisotopic (exact) mass is 222 g/mol. The molecule has 0 aromatic carbocycles. The molecule has 0 fully saturated rings. The minimum absolute atomic E-state index is 0.0579. The van der Waals surface area contributed by atoms with Crippen LogP contribution in [-0.2, 0) is 11.5 Å². The third-order valence-electron chi connectivity index (χ3n) is 1.70. The number of ether oxygens (including phenoxy) is 1. The fourth-order valence-electron chi connectivity index (χ4n) is 1.09. The van der Waals surface area contributed by atoms with Gasteiger partial charge in [0.1, 0.15) is 11.3 Å². The summed E-state index contributed by atoms with van der Waals surface area (Å²) in [5.41, 5.74) is -1.15. The van der Waals surface area contributed by atoms with E-state index in [0.29, 0.717) is 4.68 Å². The van der Waals surface area contributed by atoms with Crippen LogP contribution < -0.4 is 0 Å². The number of rotatable bonds is 4. The SMILES string of the molecule is CCOC(=O)c1cnn(CF)c1C(F)F. The second-order valence-electron chi connectivity index (χ2n) is 2.58. The van der Waals surface area contributed by atoms with Crippen LogP contribution in [0.15, 0.2) is 6.20 Å². The first-order chi connectivity index (χ1) is 7.11. The zero-order valence-electron chi connectivity index (χ0n) is 7.91. The Bertz CT molecular complexity index is 352. The second-order valence-corrected chi connectivity index (χ2v) is 2.58. The minimum Gasteiger partial charge on any atom is -0.462 e. The zero-order valence-corrected chi connectivity index (χ0v) is 7.91. The van der Waals surface area contributed by atoms with Gasteiger partial charge in [-0.05, 0) is 6.92 Å². The Morgan fingerprint density at radius 1 is 1.67 bits per heavy atom. The summed E-state index contributed by atoms with van der Waals surface area (Å²) in [6, 6.07) is 0. The van der Waals surface area contributed by atoms with Crippen molar-refractivity contribution >= 4 is 5.97 Å². The molecule has 0 aliphatic rings. The standard InChI is InChI=1S/C8H9F3N2O2/c1-2-15-8(14)5-3-12-13(4-9)6(5)7(10)11/h3,7H,2,4H2,1H3. The third-order valence-corrected chi connectivity index (χ3v) is 1.70. The number of nitrogens with zero attached hydrogens (tertiary/aromatic N) is 2. The lowest BCUT2D eigenvalue weighted by Gasteiger charge is -2.04. The number of alkyl halides is 3. The molecule has 0 radical (unpaired) electrons. The summed E-state index contributed by atoms with van der Waals surface area (Å²) in [4.78, 5) is 11.2. The van der Waals surface area contributed by atoms with Crippen LogP contribution in [0.1, 0.15) is 29.4 Å². The normalized spacial score (nSPS) is 10.7. The summed E-state index contributed by atoms with van der Waals surface area (Å²) in [7, 11) is 0. The van der Waals surface area contributed by atoms with Crippen LogP contribution in [0, 0.1) is 0 Å². The maximum absolute atomic E-state index is 12.5. The molecule has 0 unspecified atom stereocenters. The molecule has 7 heteroatoms. The lowest BCUT2D eigenvalue weighted by Crippen LogP contribution is -2.10. The molecule has 0 spiro atoms. The van der Waals surface area contributed by atoms with Gasteiger partial charge in [0, 0.05) is 0 Å². The summed E-state index contributed by atoms with van der Waals surface area (Å²) in [6.45, 7) is 0.390. The molecule has 15 heavy (non-hydrogen) atoms. The number of esters is 1. The van der Waals surface area contributed by atoms with Crippen molar-refractivity contribution < 1.29 is 22.7 Å². The molecule has 4 nitrogen and oxygen atoms in total. The van der Waals surface area contributed by atoms with Crippen molar-refractivity contribution in [2.75, 3.05) is 6.61 Å². The molecule has 1 heterocycles. The second kappa shape index (κ2) is 4.81. The van der Waals surface area contributed by atoms with E-state index in [4.69, 9.17) is 0 Å². The fourth-order valence-corrected chi connectivity index (χ4v) is 1.09. The molecule has 0 atom stereocenters. The van der Waals surface area contributed by atoms with Crippen molar-refractivity contribution in [3.8, 4) is 0 Å². The first-order valence-electron chi connectivity index (χ1n) is 4.18. The van der Waals surface area contributed by atoms with Gasteiger partial charge in [0.2, 0.25) is 0 Å². The van der Waals surface area contributed by atoms with Crippen molar-refractivity contribution in [2.24, 2.45) is 0 Å². The quantitative estimate of drug-likeness (QED) is 0.731. The number of carbonyl (C=O) groups excluding carboxylic acids is 1. The lowest BCUT2D eigenvalue weighted by atomic mass is 10.2. The van der Waals surface area contributed by atoms with E-state index in [-0.39, 0.29) is 6.61 Å². The van der Waals surface area contributed by atoms with Crippen LogP contribution in [0.25, 0.3) is 0 Å². The first kappa shape index (κ1) is 11.5. The van der Waals surface area contributed by atoms with Crippen LogP contribution in [0.4, 0.5) is 13.2 Å². The highest BCUT2D eigenvalue weighted by Crippen LogP contribution is 2.23. The van der Waals surface area contributed by atoms with E-state index in [2.05, 4.69) is 9.84 Å². The van der Waals surface area contributed by atoms with Gasteiger partial charge >= 0.3 is 5.97 Å². The average molecular weight is 222 g/mol. The first-order valence-corrected chi connectivity index (χ1v) is 4.18. The van der Waals surface area contributed by atoms with Gasteiger partial charge in [-0.2, -0.15) is 5.10 Å². The van der Waals surface area contributed by atoms with E-state index in [1.807, 2.05) is 0 Å². The van der Waals surface area contributed by atoms with Gasteiger partial charge < -0.3 is 4.74 Å².